The third-order valence-electron chi connectivity index (χ3n) is 3.26. The van der Waals surface area contributed by atoms with Crippen LogP contribution in [0, 0.1) is 0 Å². The van der Waals surface area contributed by atoms with Crippen molar-refractivity contribution in [2.45, 2.75) is 12.5 Å². The van der Waals surface area contributed by atoms with Crippen molar-refractivity contribution in [1.82, 2.24) is 14.9 Å². The van der Waals surface area contributed by atoms with E-state index in [1.54, 1.807) is 12.4 Å². The summed E-state index contributed by atoms with van der Waals surface area (Å²) >= 11 is 0. The number of nitrogens with zero attached hydrogens (tertiary/aromatic N) is 4. The van der Waals surface area contributed by atoms with Gasteiger partial charge in [0, 0.05) is 51.7 Å². The Morgan fingerprint density at radius 3 is 2.50 bits per heavy atom. The molecule has 0 saturated carbocycles. The molecule has 100 valence electrons. The summed E-state index contributed by atoms with van der Waals surface area (Å²) in [5.41, 5.74) is 5.39. The number of piperazine rings is 1. The fourth-order valence-corrected chi connectivity index (χ4v) is 2.08. The van der Waals surface area contributed by atoms with Gasteiger partial charge in [-0.05, 0) is 12.5 Å². The maximum absolute atomic E-state index is 9.44. The first-order valence-electron chi connectivity index (χ1n) is 6.42. The van der Waals surface area contributed by atoms with E-state index in [4.69, 9.17) is 5.73 Å². The second-order valence-electron chi connectivity index (χ2n) is 4.56. The Morgan fingerprint density at radius 1 is 1.22 bits per heavy atom. The minimum Gasteiger partial charge on any atom is -0.392 e. The largest absolute Gasteiger partial charge is 0.392 e. The van der Waals surface area contributed by atoms with Crippen molar-refractivity contribution in [3.63, 3.8) is 0 Å². The minimum absolute atomic E-state index is 0.345. The third-order valence-corrected chi connectivity index (χ3v) is 3.26. The maximum atomic E-state index is 9.44. The maximum Gasteiger partial charge on any atom is 0.225 e. The molecule has 1 atom stereocenters. The van der Waals surface area contributed by atoms with Crippen molar-refractivity contribution < 1.29 is 5.11 Å². The number of rotatable bonds is 5. The topological polar surface area (TPSA) is 78.5 Å². The lowest BCUT2D eigenvalue weighted by molar-refractivity contribution is 0.144. The van der Waals surface area contributed by atoms with Crippen LogP contribution in [0.15, 0.2) is 18.5 Å². The first-order chi connectivity index (χ1) is 8.79. The van der Waals surface area contributed by atoms with Gasteiger partial charge in [-0.1, -0.05) is 0 Å². The van der Waals surface area contributed by atoms with Crippen molar-refractivity contribution >= 4 is 5.95 Å². The summed E-state index contributed by atoms with van der Waals surface area (Å²) in [5, 5.41) is 9.44. The smallest absolute Gasteiger partial charge is 0.225 e. The Kier molecular flexibility index (Phi) is 4.86. The summed E-state index contributed by atoms with van der Waals surface area (Å²) in [4.78, 5) is 13.0. The molecule has 6 nitrogen and oxygen atoms in total. The molecule has 3 N–H and O–H groups in total. The number of nitrogens with two attached hydrogens (primary N) is 1. The molecule has 0 bridgehead atoms. The summed E-state index contributed by atoms with van der Waals surface area (Å²) in [5.74, 6) is 0.805. The molecule has 0 radical (unpaired) electrons. The highest BCUT2D eigenvalue weighted by molar-refractivity contribution is 5.29. The number of aliphatic hydroxyl groups excluding tert-OH is 1. The highest BCUT2D eigenvalue weighted by Crippen LogP contribution is 2.10. The Morgan fingerprint density at radius 2 is 1.89 bits per heavy atom. The molecule has 1 fully saturated rings. The van der Waals surface area contributed by atoms with Gasteiger partial charge in [-0.15, -0.1) is 0 Å². The second-order valence-corrected chi connectivity index (χ2v) is 4.56. The quantitative estimate of drug-likeness (QED) is 0.721. The van der Waals surface area contributed by atoms with Crippen molar-refractivity contribution in [3.05, 3.63) is 18.5 Å². The normalized spacial score (nSPS) is 18.9. The molecule has 6 heteroatoms. The highest BCUT2D eigenvalue weighted by Gasteiger charge is 2.18. The molecule has 2 rings (SSSR count). The first kappa shape index (κ1) is 13.2. The molecular weight excluding hydrogens is 230 g/mol. The van der Waals surface area contributed by atoms with Crippen LogP contribution >= 0.6 is 0 Å². The molecular formula is C12H21N5O. The molecule has 0 spiro atoms. The molecule has 0 amide bonds. The summed E-state index contributed by atoms with van der Waals surface area (Å²) in [6.45, 7) is 5.08. The minimum atomic E-state index is -0.375. The zero-order valence-electron chi connectivity index (χ0n) is 10.6. The Hall–Kier alpha value is -1.24. The predicted molar refractivity (Wildman–Crippen MR) is 70.4 cm³/mol. The van der Waals surface area contributed by atoms with Gasteiger partial charge in [-0.2, -0.15) is 0 Å². The summed E-state index contributed by atoms with van der Waals surface area (Å²) in [6, 6.07) is 1.83. The molecule has 0 aliphatic carbocycles. The molecule has 1 aliphatic heterocycles. The van der Waals surface area contributed by atoms with Crippen LogP contribution in [0.1, 0.15) is 6.42 Å². The van der Waals surface area contributed by atoms with Crippen molar-refractivity contribution in [2.24, 2.45) is 5.73 Å². The SMILES string of the molecule is NCC(O)CCN1CCN(c2ncccn2)CC1. The van der Waals surface area contributed by atoms with Crippen LogP contribution < -0.4 is 10.6 Å². The Balaban J connectivity index is 1.75. The van der Waals surface area contributed by atoms with Gasteiger partial charge in [-0.25, -0.2) is 9.97 Å². The number of aromatic nitrogens is 2. The standard InChI is InChI=1S/C12H21N5O/c13-10-11(18)2-5-16-6-8-17(9-7-16)12-14-3-1-4-15-12/h1,3-4,11,18H,2,5-10,13H2. The number of hydrogen-bond donors (Lipinski definition) is 2. The van der Waals surface area contributed by atoms with Crippen molar-refractivity contribution in [1.29, 1.82) is 0 Å². The van der Waals surface area contributed by atoms with Crippen LogP contribution in [0.4, 0.5) is 5.95 Å². The van der Waals surface area contributed by atoms with Gasteiger partial charge in [0.15, 0.2) is 0 Å². The zero-order chi connectivity index (χ0) is 12.8. The van der Waals surface area contributed by atoms with Gasteiger partial charge in [-0.3, -0.25) is 4.90 Å². The van der Waals surface area contributed by atoms with E-state index < -0.39 is 0 Å². The van der Waals surface area contributed by atoms with Gasteiger partial charge in [0.25, 0.3) is 0 Å². The Bertz CT molecular complexity index is 340. The zero-order valence-corrected chi connectivity index (χ0v) is 10.6. The summed E-state index contributed by atoms with van der Waals surface area (Å²) in [7, 11) is 0. The molecule has 18 heavy (non-hydrogen) atoms. The average Bonchev–Trinajstić information content (AvgIpc) is 2.46. The van der Waals surface area contributed by atoms with Crippen LogP contribution in [0.5, 0.6) is 0 Å². The second kappa shape index (κ2) is 6.63. The average molecular weight is 251 g/mol. The van der Waals surface area contributed by atoms with Crippen LogP contribution in [-0.4, -0.2) is 65.3 Å². The molecule has 1 aromatic rings. The van der Waals surface area contributed by atoms with E-state index in [0.717, 1.165) is 45.1 Å². The molecule has 1 unspecified atom stereocenters. The van der Waals surface area contributed by atoms with Gasteiger partial charge in [0.05, 0.1) is 6.10 Å². The van der Waals surface area contributed by atoms with Gasteiger partial charge in [0.1, 0.15) is 0 Å². The first-order valence-corrected chi connectivity index (χ1v) is 6.42. The molecule has 1 aromatic heterocycles. The molecule has 1 aliphatic rings. The number of hydrogen-bond acceptors (Lipinski definition) is 6. The lowest BCUT2D eigenvalue weighted by atomic mass is 10.2. The fraction of sp³-hybridized carbons (Fsp3) is 0.667. The van der Waals surface area contributed by atoms with Crippen LogP contribution in [0.2, 0.25) is 0 Å². The number of aliphatic hydroxyl groups is 1. The number of anilines is 1. The van der Waals surface area contributed by atoms with E-state index in [2.05, 4.69) is 19.8 Å². The van der Waals surface area contributed by atoms with E-state index in [1.807, 2.05) is 6.07 Å². The molecule has 0 aromatic carbocycles. The molecule has 2 heterocycles. The summed E-state index contributed by atoms with van der Waals surface area (Å²) < 4.78 is 0. The monoisotopic (exact) mass is 251 g/mol. The third kappa shape index (κ3) is 3.63. The van der Waals surface area contributed by atoms with Crippen molar-refractivity contribution in [3.8, 4) is 0 Å². The summed E-state index contributed by atoms with van der Waals surface area (Å²) in [6.07, 6.45) is 3.91. The Labute approximate surface area is 107 Å². The molecule has 1 saturated heterocycles. The van der Waals surface area contributed by atoms with E-state index in [1.165, 1.54) is 0 Å². The van der Waals surface area contributed by atoms with Crippen LogP contribution in [-0.2, 0) is 0 Å². The van der Waals surface area contributed by atoms with E-state index >= 15 is 0 Å². The van der Waals surface area contributed by atoms with Crippen LogP contribution in [0.3, 0.4) is 0 Å². The predicted octanol–water partition coefficient (Wildman–Crippen LogP) is -0.692. The van der Waals surface area contributed by atoms with E-state index in [0.29, 0.717) is 6.54 Å². The van der Waals surface area contributed by atoms with Crippen LogP contribution in [0.25, 0.3) is 0 Å². The lowest BCUT2D eigenvalue weighted by Gasteiger charge is -2.34. The highest BCUT2D eigenvalue weighted by atomic mass is 16.3. The van der Waals surface area contributed by atoms with Gasteiger partial charge < -0.3 is 15.7 Å². The van der Waals surface area contributed by atoms with Gasteiger partial charge >= 0.3 is 0 Å². The van der Waals surface area contributed by atoms with E-state index in [-0.39, 0.29) is 6.10 Å². The van der Waals surface area contributed by atoms with Gasteiger partial charge in [0.2, 0.25) is 5.95 Å². The van der Waals surface area contributed by atoms with Crippen molar-refractivity contribution in [2.75, 3.05) is 44.2 Å². The lowest BCUT2D eigenvalue weighted by Crippen LogP contribution is -2.47. The fourth-order valence-electron chi connectivity index (χ4n) is 2.08. The van der Waals surface area contributed by atoms with E-state index in [9.17, 15) is 5.11 Å².